The summed E-state index contributed by atoms with van der Waals surface area (Å²) in [5.74, 6) is -1.54. The van der Waals surface area contributed by atoms with E-state index in [1.54, 1.807) is 6.92 Å². The number of thiophene rings is 1. The van der Waals surface area contributed by atoms with Crippen LogP contribution in [-0.4, -0.2) is 5.97 Å². The molecule has 72 valence electrons. The fourth-order valence-corrected chi connectivity index (χ4v) is 2.44. The molecule has 0 radical (unpaired) electrons. The molecule has 0 fully saturated rings. The van der Waals surface area contributed by atoms with Gasteiger partial charge in [0, 0.05) is 21.5 Å². The second-order valence-corrected chi connectivity index (χ2v) is 4.34. The van der Waals surface area contributed by atoms with Crippen molar-refractivity contribution in [3.63, 3.8) is 0 Å². The van der Waals surface area contributed by atoms with E-state index in [9.17, 15) is 9.90 Å². The van der Waals surface area contributed by atoms with Gasteiger partial charge >= 0.3 is 29.6 Å². The number of fused-ring (bicyclic) bond motifs is 1. The van der Waals surface area contributed by atoms with Crippen molar-refractivity contribution < 1.29 is 39.5 Å². The van der Waals surface area contributed by atoms with Gasteiger partial charge in [-0.15, -0.1) is 11.3 Å². The van der Waals surface area contributed by atoms with Crippen molar-refractivity contribution >= 4 is 27.4 Å². The molecular formula is C11H9NaO2S. The molecule has 0 spiro atoms. The molecular weight excluding hydrogens is 219 g/mol. The zero-order chi connectivity index (χ0) is 10.1. The third kappa shape index (κ3) is 2.61. The molecule has 2 nitrogen and oxygen atoms in total. The summed E-state index contributed by atoms with van der Waals surface area (Å²) in [6, 6.07) is 9.79. The summed E-state index contributed by atoms with van der Waals surface area (Å²) in [5.41, 5.74) is 0. The van der Waals surface area contributed by atoms with E-state index in [0.717, 1.165) is 15.0 Å². The second-order valence-electron chi connectivity index (χ2n) is 3.23. The van der Waals surface area contributed by atoms with Crippen LogP contribution in [0.4, 0.5) is 0 Å². The van der Waals surface area contributed by atoms with E-state index in [1.165, 1.54) is 11.3 Å². The number of aliphatic carboxylic acids is 1. The van der Waals surface area contributed by atoms with E-state index < -0.39 is 11.9 Å². The largest absolute Gasteiger partial charge is 1.00 e. The fraction of sp³-hybridized carbons (Fsp3) is 0.182. The summed E-state index contributed by atoms with van der Waals surface area (Å²) >= 11 is 1.51. The number of carboxylic acids is 1. The van der Waals surface area contributed by atoms with Crippen LogP contribution in [0.5, 0.6) is 0 Å². The Kier molecular flexibility index (Phi) is 4.34. The van der Waals surface area contributed by atoms with Crippen LogP contribution in [0, 0.1) is 0 Å². The Morgan fingerprint density at radius 1 is 1.40 bits per heavy atom. The molecule has 15 heavy (non-hydrogen) atoms. The van der Waals surface area contributed by atoms with Crippen molar-refractivity contribution in [2.75, 3.05) is 0 Å². The van der Waals surface area contributed by atoms with Gasteiger partial charge in [0.05, 0.1) is 0 Å². The molecule has 0 saturated heterocycles. The minimum Gasteiger partial charge on any atom is -0.549 e. The number of carboxylic acid groups (broad SMARTS) is 1. The van der Waals surface area contributed by atoms with Crippen molar-refractivity contribution in [2.45, 2.75) is 12.8 Å². The predicted molar refractivity (Wildman–Crippen MR) is 55.2 cm³/mol. The third-order valence-corrected chi connectivity index (χ3v) is 3.52. The second kappa shape index (κ2) is 5.12. The minimum absolute atomic E-state index is 0. The van der Waals surface area contributed by atoms with Crippen LogP contribution in [0.2, 0.25) is 0 Å². The van der Waals surface area contributed by atoms with Gasteiger partial charge < -0.3 is 9.90 Å². The number of hydrogen-bond acceptors (Lipinski definition) is 3. The number of hydrogen-bond donors (Lipinski definition) is 0. The Morgan fingerprint density at radius 2 is 2.07 bits per heavy atom. The van der Waals surface area contributed by atoms with Gasteiger partial charge in [0.2, 0.25) is 0 Å². The molecule has 1 heterocycles. The SMILES string of the molecule is C[C@H](C(=O)[O-])c1cc2ccccc2s1.[Na+]. The molecule has 0 aliphatic carbocycles. The fourth-order valence-electron chi connectivity index (χ4n) is 1.33. The predicted octanol–water partition coefficient (Wildman–Crippen LogP) is -1.24. The van der Waals surface area contributed by atoms with Crippen molar-refractivity contribution in [3.8, 4) is 0 Å². The Morgan fingerprint density at radius 3 is 2.67 bits per heavy atom. The summed E-state index contributed by atoms with van der Waals surface area (Å²) in [6.07, 6.45) is 0. The van der Waals surface area contributed by atoms with Crippen LogP contribution in [0.25, 0.3) is 10.1 Å². The van der Waals surface area contributed by atoms with Gasteiger partial charge in [0.25, 0.3) is 0 Å². The topological polar surface area (TPSA) is 40.1 Å². The molecule has 0 amide bonds. The van der Waals surface area contributed by atoms with E-state index in [1.807, 2.05) is 30.3 Å². The normalized spacial score (nSPS) is 12.1. The molecule has 0 aliphatic heterocycles. The van der Waals surface area contributed by atoms with Gasteiger partial charge in [0.1, 0.15) is 0 Å². The molecule has 0 bridgehead atoms. The van der Waals surface area contributed by atoms with Crippen LogP contribution in [0.15, 0.2) is 30.3 Å². The molecule has 2 aromatic rings. The van der Waals surface area contributed by atoms with Crippen LogP contribution in [-0.2, 0) is 4.79 Å². The number of carbonyl (C=O) groups is 1. The maximum atomic E-state index is 10.7. The van der Waals surface area contributed by atoms with Crippen LogP contribution < -0.4 is 34.7 Å². The van der Waals surface area contributed by atoms with Crippen LogP contribution in [0.3, 0.4) is 0 Å². The molecule has 0 saturated carbocycles. The zero-order valence-electron chi connectivity index (χ0n) is 8.69. The van der Waals surface area contributed by atoms with E-state index in [4.69, 9.17) is 0 Å². The molecule has 0 unspecified atom stereocenters. The smallest absolute Gasteiger partial charge is 0.549 e. The monoisotopic (exact) mass is 228 g/mol. The first-order valence-electron chi connectivity index (χ1n) is 4.38. The Bertz CT molecular complexity index is 445. The van der Waals surface area contributed by atoms with Gasteiger partial charge in [-0.1, -0.05) is 25.1 Å². The number of carbonyl (C=O) groups excluding carboxylic acids is 1. The maximum Gasteiger partial charge on any atom is 1.00 e. The number of benzene rings is 1. The molecule has 1 aromatic carbocycles. The van der Waals surface area contributed by atoms with Crippen molar-refractivity contribution in [3.05, 3.63) is 35.2 Å². The molecule has 2 rings (SSSR count). The van der Waals surface area contributed by atoms with E-state index in [0.29, 0.717) is 0 Å². The number of rotatable bonds is 2. The van der Waals surface area contributed by atoms with Gasteiger partial charge in [-0.2, -0.15) is 0 Å². The standard InChI is InChI=1S/C11H10O2S.Na/c1-7(11(12)13)10-6-8-4-2-3-5-9(8)14-10;/h2-7H,1H3,(H,12,13);/q;+1/p-1/t7-;/m0./s1. The van der Waals surface area contributed by atoms with Gasteiger partial charge in [-0.25, -0.2) is 0 Å². The van der Waals surface area contributed by atoms with E-state index in [2.05, 4.69) is 0 Å². The van der Waals surface area contributed by atoms with Crippen molar-refractivity contribution in [1.29, 1.82) is 0 Å². The van der Waals surface area contributed by atoms with Crippen LogP contribution in [0.1, 0.15) is 17.7 Å². The van der Waals surface area contributed by atoms with E-state index >= 15 is 0 Å². The average Bonchev–Trinajstić information content (AvgIpc) is 2.59. The summed E-state index contributed by atoms with van der Waals surface area (Å²) in [4.78, 5) is 11.5. The van der Waals surface area contributed by atoms with Gasteiger partial charge in [0.15, 0.2) is 0 Å². The molecule has 1 aromatic heterocycles. The summed E-state index contributed by atoms with van der Waals surface area (Å²) < 4.78 is 1.12. The van der Waals surface area contributed by atoms with Crippen molar-refractivity contribution in [1.82, 2.24) is 0 Å². The molecule has 0 N–H and O–H groups in total. The summed E-state index contributed by atoms with van der Waals surface area (Å²) in [6.45, 7) is 1.65. The Labute approximate surface area is 114 Å². The third-order valence-electron chi connectivity index (χ3n) is 2.22. The molecule has 1 atom stereocenters. The Hall–Kier alpha value is -0.350. The first kappa shape index (κ1) is 12.7. The van der Waals surface area contributed by atoms with Gasteiger partial charge in [-0.05, 0) is 17.5 Å². The van der Waals surface area contributed by atoms with Crippen molar-refractivity contribution in [2.24, 2.45) is 0 Å². The quantitative estimate of drug-likeness (QED) is 0.603. The molecule has 4 heteroatoms. The van der Waals surface area contributed by atoms with Crippen LogP contribution >= 0.6 is 11.3 Å². The first-order chi connectivity index (χ1) is 6.68. The summed E-state index contributed by atoms with van der Waals surface area (Å²) in [7, 11) is 0. The maximum absolute atomic E-state index is 10.7. The van der Waals surface area contributed by atoms with Gasteiger partial charge in [-0.3, -0.25) is 0 Å². The average molecular weight is 228 g/mol. The first-order valence-corrected chi connectivity index (χ1v) is 5.19. The Balaban J connectivity index is 0.00000112. The zero-order valence-corrected chi connectivity index (χ0v) is 11.5. The van der Waals surface area contributed by atoms with E-state index in [-0.39, 0.29) is 29.6 Å². The molecule has 0 aliphatic rings. The minimum atomic E-state index is -1.02. The summed E-state index contributed by atoms with van der Waals surface area (Å²) in [5, 5.41) is 11.8.